The van der Waals surface area contributed by atoms with Crippen LogP contribution in [0, 0.1) is 6.07 Å². The summed E-state index contributed by atoms with van der Waals surface area (Å²) in [6, 6.07) is 8.61. The van der Waals surface area contributed by atoms with Gasteiger partial charge in [0.05, 0.1) is 0 Å². The van der Waals surface area contributed by atoms with E-state index in [9.17, 15) is 13.2 Å². The van der Waals surface area contributed by atoms with Crippen LogP contribution in [0.4, 0.5) is 13.2 Å². The molecule has 1 aromatic heterocycles. The zero-order valence-electron chi connectivity index (χ0n) is 6.76. The third kappa shape index (κ3) is 1.81. The number of fused-ring (bicyclic) bond motifs is 1. The summed E-state index contributed by atoms with van der Waals surface area (Å²) in [5.41, 5.74) is 0.242. The molecule has 1 heterocycles. The lowest BCUT2D eigenvalue weighted by Gasteiger charge is -2.03. The van der Waals surface area contributed by atoms with Gasteiger partial charge in [0.15, 0.2) is 0 Å². The molecule has 2 rings (SSSR count). The molecule has 5 heteroatoms. The van der Waals surface area contributed by atoms with E-state index < -0.39 is 12.3 Å². The quantitative estimate of drug-likeness (QED) is 0.707. The zero-order chi connectivity index (χ0) is 10.2. The first-order chi connectivity index (χ1) is 6.54. The van der Waals surface area contributed by atoms with Crippen LogP contribution in [0.5, 0.6) is 5.95 Å². The van der Waals surface area contributed by atoms with E-state index in [1.165, 1.54) is 6.07 Å². The Labute approximate surface area is 76.9 Å². The smallest absolute Gasteiger partial charge is 0.425 e. The molecule has 0 fully saturated rings. The van der Waals surface area contributed by atoms with Gasteiger partial charge in [0.25, 0.3) is 5.95 Å². The lowest BCUT2D eigenvalue weighted by molar-refractivity contribution is -0.280. The van der Waals surface area contributed by atoms with E-state index in [2.05, 4.69) is 10.8 Å². The molecular formula is C9H4F3O2. The van der Waals surface area contributed by atoms with E-state index in [0.717, 1.165) is 0 Å². The molecule has 0 aliphatic rings. The van der Waals surface area contributed by atoms with Crippen LogP contribution in [0.3, 0.4) is 0 Å². The summed E-state index contributed by atoms with van der Waals surface area (Å²) in [6.07, 6.45) is -4.73. The van der Waals surface area contributed by atoms with Crippen molar-refractivity contribution in [2.45, 2.75) is 6.36 Å². The highest BCUT2D eigenvalue weighted by Gasteiger charge is 2.32. The number of alkyl halides is 3. The van der Waals surface area contributed by atoms with Crippen molar-refractivity contribution in [3.8, 4) is 5.95 Å². The molecule has 0 bridgehead atoms. The molecular weight excluding hydrogens is 197 g/mol. The highest BCUT2D eigenvalue weighted by Crippen LogP contribution is 2.28. The van der Waals surface area contributed by atoms with Crippen molar-refractivity contribution >= 4 is 11.0 Å². The van der Waals surface area contributed by atoms with Crippen LogP contribution >= 0.6 is 0 Å². The Bertz CT molecular complexity index is 411. The summed E-state index contributed by atoms with van der Waals surface area (Å²) >= 11 is 0. The fourth-order valence-corrected chi connectivity index (χ4v) is 1.06. The van der Waals surface area contributed by atoms with Gasteiger partial charge in [-0.15, -0.1) is 13.2 Å². The molecule has 0 saturated carbocycles. The average Bonchev–Trinajstić information content (AvgIpc) is 2.42. The summed E-state index contributed by atoms with van der Waals surface area (Å²) in [4.78, 5) is 0. The fraction of sp³-hybridized carbons (Fsp3) is 0.111. The first-order valence-electron chi connectivity index (χ1n) is 3.70. The van der Waals surface area contributed by atoms with Gasteiger partial charge in [-0.3, -0.25) is 0 Å². The lowest BCUT2D eigenvalue weighted by atomic mass is 10.3. The van der Waals surface area contributed by atoms with Crippen LogP contribution in [0.2, 0.25) is 0 Å². The van der Waals surface area contributed by atoms with Gasteiger partial charge < -0.3 is 9.15 Å². The first kappa shape index (κ1) is 8.93. The summed E-state index contributed by atoms with van der Waals surface area (Å²) < 4.78 is 43.7. The SMILES string of the molecule is FC(F)(F)Oc1cc2ccc[c]c2o1. The molecule has 73 valence electrons. The molecule has 2 aromatic rings. The molecule has 0 unspecified atom stereocenters. The van der Waals surface area contributed by atoms with Gasteiger partial charge >= 0.3 is 6.36 Å². The summed E-state index contributed by atoms with van der Waals surface area (Å²) in [5, 5.41) is 0.520. The molecule has 0 saturated heterocycles. The largest absolute Gasteiger partial charge is 0.575 e. The molecule has 0 atom stereocenters. The predicted molar refractivity (Wildman–Crippen MR) is 41.7 cm³/mol. The van der Waals surface area contributed by atoms with E-state index in [-0.39, 0.29) is 5.58 Å². The van der Waals surface area contributed by atoms with Gasteiger partial charge in [0.1, 0.15) is 5.58 Å². The van der Waals surface area contributed by atoms with Crippen molar-refractivity contribution in [1.29, 1.82) is 0 Å². The van der Waals surface area contributed by atoms with Gasteiger partial charge in [-0.25, -0.2) is 0 Å². The number of hydrogen-bond donors (Lipinski definition) is 0. The molecule has 0 aliphatic heterocycles. The van der Waals surface area contributed by atoms with Crippen LogP contribution in [0.15, 0.2) is 28.7 Å². The number of furan rings is 1. The molecule has 0 aliphatic carbocycles. The Morgan fingerprint density at radius 3 is 2.79 bits per heavy atom. The van der Waals surface area contributed by atoms with Gasteiger partial charge in [-0.2, -0.15) is 0 Å². The van der Waals surface area contributed by atoms with E-state index in [4.69, 9.17) is 4.42 Å². The number of ether oxygens (including phenoxy) is 1. The van der Waals surface area contributed by atoms with Crippen LogP contribution in [0.1, 0.15) is 0 Å². The van der Waals surface area contributed by atoms with Gasteiger partial charge in [0.2, 0.25) is 0 Å². The van der Waals surface area contributed by atoms with Gasteiger partial charge in [0, 0.05) is 17.5 Å². The Kier molecular flexibility index (Phi) is 1.87. The van der Waals surface area contributed by atoms with Crippen LogP contribution in [-0.4, -0.2) is 6.36 Å². The molecule has 0 N–H and O–H groups in total. The van der Waals surface area contributed by atoms with Crippen LogP contribution in [-0.2, 0) is 0 Å². The normalized spacial score (nSPS) is 11.9. The van der Waals surface area contributed by atoms with Crippen molar-refractivity contribution in [2.75, 3.05) is 0 Å². The van der Waals surface area contributed by atoms with E-state index >= 15 is 0 Å². The van der Waals surface area contributed by atoms with E-state index in [1.54, 1.807) is 18.2 Å². The fourth-order valence-electron chi connectivity index (χ4n) is 1.06. The van der Waals surface area contributed by atoms with E-state index in [1.807, 2.05) is 0 Å². The molecule has 1 radical (unpaired) electrons. The molecule has 0 amide bonds. The number of halogens is 3. The van der Waals surface area contributed by atoms with E-state index in [0.29, 0.717) is 5.39 Å². The maximum atomic E-state index is 11.8. The minimum atomic E-state index is -4.73. The second-order valence-electron chi connectivity index (χ2n) is 2.57. The highest BCUT2D eigenvalue weighted by atomic mass is 19.4. The van der Waals surface area contributed by atoms with Crippen molar-refractivity contribution in [2.24, 2.45) is 0 Å². The standard InChI is InChI=1S/C9H4F3O2/c10-9(11,12)14-8-5-6-3-1-2-4-7(6)13-8/h1-3,5H. The second-order valence-corrected chi connectivity index (χ2v) is 2.57. The van der Waals surface area contributed by atoms with Crippen molar-refractivity contribution < 1.29 is 22.3 Å². The molecule has 0 spiro atoms. The third-order valence-corrected chi connectivity index (χ3v) is 1.54. The predicted octanol–water partition coefficient (Wildman–Crippen LogP) is 3.13. The monoisotopic (exact) mass is 201 g/mol. The Hall–Kier alpha value is -1.65. The number of benzene rings is 1. The van der Waals surface area contributed by atoms with Gasteiger partial charge in [-0.05, 0) is 0 Å². The number of para-hydroxylation sites is 1. The third-order valence-electron chi connectivity index (χ3n) is 1.54. The summed E-state index contributed by atoms with van der Waals surface area (Å²) in [7, 11) is 0. The topological polar surface area (TPSA) is 22.4 Å². The van der Waals surface area contributed by atoms with Gasteiger partial charge in [-0.1, -0.05) is 18.2 Å². The highest BCUT2D eigenvalue weighted by molar-refractivity contribution is 5.77. The van der Waals surface area contributed by atoms with Crippen LogP contribution < -0.4 is 4.74 Å². The Morgan fingerprint density at radius 1 is 1.36 bits per heavy atom. The minimum Gasteiger partial charge on any atom is -0.425 e. The summed E-state index contributed by atoms with van der Waals surface area (Å²) in [6.45, 7) is 0. The Morgan fingerprint density at radius 2 is 2.14 bits per heavy atom. The maximum Gasteiger partial charge on any atom is 0.575 e. The average molecular weight is 201 g/mol. The van der Waals surface area contributed by atoms with Crippen molar-refractivity contribution in [3.63, 3.8) is 0 Å². The molecule has 1 aromatic carbocycles. The van der Waals surface area contributed by atoms with Crippen molar-refractivity contribution in [1.82, 2.24) is 0 Å². The van der Waals surface area contributed by atoms with Crippen molar-refractivity contribution in [3.05, 3.63) is 30.3 Å². The first-order valence-corrected chi connectivity index (χ1v) is 3.70. The summed E-state index contributed by atoms with van der Waals surface area (Å²) in [5.74, 6) is -0.574. The van der Waals surface area contributed by atoms with Crippen LogP contribution in [0.25, 0.3) is 11.0 Å². The number of hydrogen-bond acceptors (Lipinski definition) is 2. The number of rotatable bonds is 1. The maximum absolute atomic E-state index is 11.8. The second kappa shape index (κ2) is 2.94. The zero-order valence-corrected chi connectivity index (χ0v) is 6.76. The molecule has 2 nitrogen and oxygen atoms in total. The lowest BCUT2D eigenvalue weighted by Crippen LogP contribution is -2.16. The Balaban J connectivity index is 2.36. The minimum absolute atomic E-state index is 0.242. The molecule has 14 heavy (non-hydrogen) atoms.